The van der Waals surface area contributed by atoms with Crippen molar-refractivity contribution in [1.82, 2.24) is 19.9 Å². The van der Waals surface area contributed by atoms with Crippen LogP contribution < -0.4 is 0 Å². The third kappa shape index (κ3) is 4.50. The minimum Gasteiger partial charge on any atom is -0.255 e. The van der Waals surface area contributed by atoms with Crippen LogP contribution in [0.25, 0.3) is 86.8 Å². The van der Waals surface area contributed by atoms with Gasteiger partial charge in [0, 0.05) is 35.9 Å². The molecule has 0 amide bonds. The Kier molecular flexibility index (Phi) is 6.47. The van der Waals surface area contributed by atoms with Gasteiger partial charge in [0.15, 0.2) is 0 Å². The van der Waals surface area contributed by atoms with Crippen LogP contribution in [0.2, 0.25) is 0 Å². The molecule has 0 radical (unpaired) electrons. The summed E-state index contributed by atoms with van der Waals surface area (Å²) in [6.07, 6.45) is 7.75. The summed E-state index contributed by atoms with van der Waals surface area (Å²) in [5.41, 5.74) is 12.5. The van der Waals surface area contributed by atoms with E-state index in [9.17, 15) is 0 Å². The third-order valence-electron chi connectivity index (χ3n) is 8.60. The molecule has 0 spiro atoms. The predicted molar refractivity (Wildman–Crippen MR) is 193 cm³/mol. The lowest BCUT2D eigenvalue weighted by Gasteiger charge is -2.19. The van der Waals surface area contributed by atoms with Gasteiger partial charge in [0.25, 0.3) is 0 Å². The quantitative estimate of drug-likeness (QED) is 0.179. The summed E-state index contributed by atoms with van der Waals surface area (Å²) < 4.78 is 0. The highest BCUT2D eigenvalue weighted by molar-refractivity contribution is 7.13. The summed E-state index contributed by atoms with van der Waals surface area (Å²) in [5, 5.41) is 7.19. The molecule has 0 bridgehead atoms. The fraction of sp³-hybridized carbons (Fsp3) is 0. The molecule has 9 rings (SSSR count). The van der Waals surface area contributed by atoms with Gasteiger partial charge in [-0.2, -0.15) is 0 Å². The Morgan fingerprint density at radius 3 is 1.54 bits per heavy atom. The number of benzene rings is 5. The topological polar surface area (TPSA) is 51.6 Å². The molecular formula is C40H24N4S2. The van der Waals surface area contributed by atoms with Crippen LogP contribution in [-0.4, -0.2) is 19.9 Å². The first-order valence-electron chi connectivity index (χ1n) is 15.0. The normalized spacial score (nSPS) is 11.5. The number of hydrogen-bond donors (Lipinski definition) is 0. The number of thiazole rings is 2. The Morgan fingerprint density at radius 2 is 0.957 bits per heavy atom. The van der Waals surface area contributed by atoms with Gasteiger partial charge in [0.1, 0.15) is 0 Å². The maximum absolute atomic E-state index is 4.90. The van der Waals surface area contributed by atoms with Gasteiger partial charge in [0.05, 0.1) is 32.2 Å². The van der Waals surface area contributed by atoms with Crippen LogP contribution in [0.5, 0.6) is 0 Å². The van der Waals surface area contributed by atoms with Crippen LogP contribution in [0, 0.1) is 0 Å². The number of nitrogens with zero attached hydrogens (tertiary/aromatic N) is 4. The van der Waals surface area contributed by atoms with Crippen molar-refractivity contribution in [2.75, 3.05) is 0 Å². The Hall–Kier alpha value is -5.56. The van der Waals surface area contributed by atoms with Crippen molar-refractivity contribution in [3.05, 3.63) is 145 Å². The van der Waals surface area contributed by atoms with Crippen molar-refractivity contribution in [3.8, 4) is 54.5 Å². The fourth-order valence-corrected chi connectivity index (χ4v) is 7.70. The zero-order chi connectivity index (χ0) is 30.5. The second-order valence-corrected chi connectivity index (χ2v) is 13.0. The van der Waals surface area contributed by atoms with Crippen molar-refractivity contribution >= 4 is 55.0 Å². The number of fused-ring (bicyclic) bond motifs is 3. The van der Waals surface area contributed by atoms with E-state index in [4.69, 9.17) is 9.97 Å². The summed E-state index contributed by atoms with van der Waals surface area (Å²) in [5.74, 6) is 0. The molecule has 0 aliphatic rings. The molecule has 6 heteroatoms. The maximum atomic E-state index is 4.90. The molecule has 216 valence electrons. The van der Waals surface area contributed by atoms with Crippen LogP contribution in [0.1, 0.15) is 0 Å². The van der Waals surface area contributed by atoms with Crippen LogP contribution in [0.3, 0.4) is 0 Å². The van der Waals surface area contributed by atoms with Gasteiger partial charge >= 0.3 is 0 Å². The molecule has 5 aromatic carbocycles. The smallest absolute Gasteiger partial charge is 0.0818 e. The number of rotatable bonds is 5. The lowest BCUT2D eigenvalue weighted by atomic mass is 9.85. The highest BCUT2D eigenvalue weighted by atomic mass is 32.1. The third-order valence-corrected chi connectivity index (χ3v) is 10.2. The predicted octanol–water partition coefficient (Wildman–Crippen LogP) is 11.2. The molecule has 0 aliphatic heterocycles. The summed E-state index contributed by atoms with van der Waals surface area (Å²) in [6, 6.07) is 39.3. The molecule has 0 fully saturated rings. The Bertz CT molecular complexity index is 2500. The fourth-order valence-electron chi connectivity index (χ4n) is 6.50. The van der Waals surface area contributed by atoms with E-state index in [1.54, 1.807) is 22.7 Å². The zero-order valence-electron chi connectivity index (χ0n) is 24.5. The minimum absolute atomic E-state index is 0.931. The van der Waals surface area contributed by atoms with E-state index < -0.39 is 0 Å². The molecule has 46 heavy (non-hydrogen) atoms. The van der Waals surface area contributed by atoms with E-state index >= 15 is 0 Å². The SMILES string of the molecule is c1ccc2c(-c3ccc4c(-c5ccc(-c6cncs6)nc5)c5ccccc5c(-c5ccc(-c6cncs6)nc5)c4c3)cccc2c1. The molecule has 0 atom stereocenters. The molecule has 0 saturated carbocycles. The van der Waals surface area contributed by atoms with Crippen LogP contribution in [0.15, 0.2) is 145 Å². The van der Waals surface area contributed by atoms with E-state index in [0.717, 1.165) is 32.3 Å². The Labute approximate surface area is 273 Å². The average Bonchev–Trinajstić information content (AvgIpc) is 3.87. The minimum atomic E-state index is 0.931. The molecule has 9 aromatic rings. The standard InChI is InChI=1S/C40H24N4S2/c1-2-8-29-25(6-1)7-5-11-30(29)26-12-15-33-34(18-26)40(28-14-17-36(44-20-28)38-22-42-24-46-38)32-10-4-3-9-31(32)39(33)27-13-16-35(43-19-27)37-21-41-23-45-37/h1-24H. The maximum Gasteiger partial charge on any atom is 0.0818 e. The molecule has 0 saturated heterocycles. The van der Waals surface area contributed by atoms with E-state index in [1.165, 1.54) is 54.6 Å². The van der Waals surface area contributed by atoms with Gasteiger partial charge in [-0.3, -0.25) is 19.9 Å². The second kappa shape index (κ2) is 11.1. The molecule has 0 N–H and O–H groups in total. The van der Waals surface area contributed by atoms with Crippen LogP contribution in [-0.2, 0) is 0 Å². The van der Waals surface area contributed by atoms with Gasteiger partial charge in [-0.05, 0) is 72.8 Å². The van der Waals surface area contributed by atoms with Crippen molar-refractivity contribution in [1.29, 1.82) is 0 Å². The number of aromatic nitrogens is 4. The van der Waals surface area contributed by atoms with Crippen LogP contribution in [0.4, 0.5) is 0 Å². The Balaban J connectivity index is 1.33. The van der Waals surface area contributed by atoms with Gasteiger partial charge in [-0.1, -0.05) is 91.0 Å². The summed E-state index contributed by atoms with van der Waals surface area (Å²) in [4.78, 5) is 20.4. The summed E-state index contributed by atoms with van der Waals surface area (Å²) in [6.45, 7) is 0. The first kappa shape index (κ1) is 26.8. The molecule has 4 heterocycles. The number of hydrogen-bond acceptors (Lipinski definition) is 6. The van der Waals surface area contributed by atoms with Crippen molar-refractivity contribution < 1.29 is 0 Å². The Morgan fingerprint density at radius 1 is 0.413 bits per heavy atom. The highest BCUT2D eigenvalue weighted by Crippen LogP contribution is 2.45. The average molecular weight is 625 g/mol. The first-order chi connectivity index (χ1) is 22.8. The van der Waals surface area contributed by atoms with Gasteiger partial charge in [-0.25, -0.2) is 0 Å². The zero-order valence-corrected chi connectivity index (χ0v) is 26.1. The van der Waals surface area contributed by atoms with E-state index in [1.807, 2.05) is 35.8 Å². The van der Waals surface area contributed by atoms with E-state index in [2.05, 4.69) is 119 Å². The van der Waals surface area contributed by atoms with Gasteiger partial charge in [-0.15, -0.1) is 22.7 Å². The monoisotopic (exact) mass is 624 g/mol. The summed E-state index contributed by atoms with van der Waals surface area (Å²) >= 11 is 3.20. The lowest BCUT2D eigenvalue weighted by molar-refractivity contribution is 1.33. The largest absolute Gasteiger partial charge is 0.255 e. The molecule has 4 nitrogen and oxygen atoms in total. The number of pyridine rings is 2. The van der Waals surface area contributed by atoms with Gasteiger partial charge < -0.3 is 0 Å². The molecular weight excluding hydrogens is 601 g/mol. The van der Waals surface area contributed by atoms with Crippen molar-refractivity contribution in [2.45, 2.75) is 0 Å². The second-order valence-electron chi connectivity index (χ2n) is 11.2. The van der Waals surface area contributed by atoms with E-state index in [-0.39, 0.29) is 0 Å². The molecule has 0 unspecified atom stereocenters. The van der Waals surface area contributed by atoms with Crippen molar-refractivity contribution in [3.63, 3.8) is 0 Å². The van der Waals surface area contributed by atoms with E-state index in [0.29, 0.717) is 0 Å². The molecule has 0 aliphatic carbocycles. The van der Waals surface area contributed by atoms with Gasteiger partial charge in [0.2, 0.25) is 0 Å². The van der Waals surface area contributed by atoms with Crippen LogP contribution >= 0.6 is 22.7 Å². The van der Waals surface area contributed by atoms with Crippen molar-refractivity contribution in [2.24, 2.45) is 0 Å². The summed E-state index contributed by atoms with van der Waals surface area (Å²) in [7, 11) is 0. The highest BCUT2D eigenvalue weighted by Gasteiger charge is 2.19. The molecule has 4 aromatic heterocycles. The lowest BCUT2D eigenvalue weighted by Crippen LogP contribution is -1.93. The first-order valence-corrected chi connectivity index (χ1v) is 16.7.